The molecule has 1 aromatic carbocycles. The SMILES string of the molecule is CCCCc1cc(=O)[nH]c(-c2ccccc2CN2CCCCC23CC3)n1. The number of nitrogens with one attached hydrogen (secondary N) is 1. The molecule has 1 aromatic heterocycles. The van der Waals surface area contributed by atoms with Crippen LogP contribution in [0.5, 0.6) is 0 Å². The van der Waals surface area contributed by atoms with E-state index >= 15 is 0 Å². The molecule has 1 aliphatic carbocycles. The molecule has 0 radical (unpaired) electrons. The Balaban J connectivity index is 1.63. The number of unbranched alkanes of at least 4 members (excludes halogenated alkanes) is 1. The number of nitrogens with zero attached hydrogens (tertiary/aromatic N) is 2. The van der Waals surface area contributed by atoms with Crippen molar-refractivity contribution in [2.75, 3.05) is 6.54 Å². The molecule has 4 heteroatoms. The third-order valence-electron chi connectivity index (χ3n) is 6.03. The van der Waals surface area contributed by atoms with Crippen molar-refractivity contribution in [3.63, 3.8) is 0 Å². The maximum atomic E-state index is 12.2. The molecular formula is C22H29N3O. The van der Waals surface area contributed by atoms with Crippen molar-refractivity contribution in [1.29, 1.82) is 0 Å². The van der Waals surface area contributed by atoms with Crippen LogP contribution in [-0.4, -0.2) is 27.0 Å². The Morgan fingerprint density at radius 3 is 2.85 bits per heavy atom. The summed E-state index contributed by atoms with van der Waals surface area (Å²) in [5.41, 5.74) is 3.67. The molecule has 2 aromatic rings. The summed E-state index contributed by atoms with van der Waals surface area (Å²) in [6.07, 6.45) is 9.73. The summed E-state index contributed by atoms with van der Waals surface area (Å²) in [6.45, 7) is 4.31. The van der Waals surface area contributed by atoms with Crippen LogP contribution in [0.4, 0.5) is 0 Å². The molecule has 138 valence electrons. The number of aryl methyl sites for hydroxylation is 1. The first-order valence-electron chi connectivity index (χ1n) is 10.1. The van der Waals surface area contributed by atoms with Gasteiger partial charge < -0.3 is 4.98 Å². The summed E-state index contributed by atoms with van der Waals surface area (Å²) >= 11 is 0. The Labute approximate surface area is 155 Å². The minimum Gasteiger partial charge on any atom is -0.307 e. The third-order valence-corrected chi connectivity index (χ3v) is 6.03. The molecule has 1 saturated heterocycles. The zero-order valence-corrected chi connectivity index (χ0v) is 15.8. The van der Waals surface area contributed by atoms with Gasteiger partial charge in [0.2, 0.25) is 0 Å². The Bertz CT molecular complexity index is 822. The van der Waals surface area contributed by atoms with Gasteiger partial charge in [0, 0.05) is 29.4 Å². The van der Waals surface area contributed by atoms with E-state index in [9.17, 15) is 4.79 Å². The van der Waals surface area contributed by atoms with E-state index in [1.807, 2.05) is 6.07 Å². The summed E-state index contributed by atoms with van der Waals surface area (Å²) in [7, 11) is 0. The lowest BCUT2D eigenvalue weighted by molar-refractivity contribution is 0.121. The van der Waals surface area contributed by atoms with E-state index in [2.05, 4.69) is 35.0 Å². The van der Waals surface area contributed by atoms with Crippen LogP contribution >= 0.6 is 0 Å². The second-order valence-electron chi connectivity index (χ2n) is 7.95. The standard InChI is InChI=1S/C22H29N3O/c1-2-3-9-18-15-20(26)24-21(23-18)19-10-5-4-8-17(19)16-25-14-7-6-11-22(25)12-13-22/h4-5,8,10,15H,2-3,6-7,9,11-14,16H2,1H3,(H,23,24,26). The van der Waals surface area contributed by atoms with Crippen LogP contribution in [0.3, 0.4) is 0 Å². The second kappa shape index (κ2) is 7.36. The van der Waals surface area contributed by atoms with Gasteiger partial charge in [-0.3, -0.25) is 9.69 Å². The maximum absolute atomic E-state index is 12.2. The molecule has 4 rings (SSSR count). The number of hydrogen-bond donors (Lipinski definition) is 1. The maximum Gasteiger partial charge on any atom is 0.251 e. The number of aromatic nitrogens is 2. The van der Waals surface area contributed by atoms with Crippen LogP contribution in [-0.2, 0) is 13.0 Å². The highest BCUT2D eigenvalue weighted by Crippen LogP contribution is 2.49. The van der Waals surface area contributed by atoms with Gasteiger partial charge in [0.25, 0.3) is 5.56 Å². The second-order valence-corrected chi connectivity index (χ2v) is 7.95. The number of benzene rings is 1. The average Bonchev–Trinajstić information content (AvgIpc) is 3.42. The first-order chi connectivity index (χ1) is 12.7. The van der Waals surface area contributed by atoms with Crippen molar-refractivity contribution < 1.29 is 0 Å². The highest BCUT2D eigenvalue weighted by atomic mass is 16.1. The van der Waals surface area contributed by atoms with Gasteiger partial charge in [-0.05, 0) is 50.6 Å². The highest BCUT2D eigenvalue weighted by Gasteiger charge is 2.48. The predicted molar refractivity (Wildman–Crippen MR) is 105 cm³/mol. The van der Waals surface area contributed by atoms with Gasteiger partial charge in [0.1, 0.15) is 5.82 Å². The van der Waals surface area contributed by atoms with E-state index in [1.165, 1.54) is 44.2 Å². The molecule has 1 saturated carbocycles. The summed E-state index contributed by atoms with van der Waals surface area (Å²) in [5, 5.41) is 0. The van der Waals surface area contributed by atoms with Gasteiger partial charge in [-0.1, -0.05) is 44.0 Å². The molecule has 2 fully saturated rings. The Hall–Kier alpha value is -1.94. The molecule has 26 heavy (non-hydrogen) atoms. The lowest BCUT2D eigenvalue weighted by Gasteiger charge is -2.36. The number of H-pyrrole nitrogens is 1. The van der Waals surface area contributed by atoms with Crippen LogP contribution in [0.15, 0.2) is 35.1 Å². The molecule has 2 heterocycles. The minimum absolute atomic E-state index is 0.0486. The molecule has 4 nitrogen and oxygen atoms in total. The number of piperidine rings is 1. The normalized spacial score (nSPS) is 19.0. The van der Waals surface area contributed by atoms with Crippen LogP contribution in [0, 0.1) is 0 Å². The van der Waals surface area contributed by atoms with Crippen molar-refractivity contribution in [3.05, 3.63) is 51.9 Å². The molecule has 1 N–H and O–H groups in total. The fraction of sp³-hybridized carbons (Fsp3) is 0.545. The lowest BCUT2D eigenvalue weighted by atomic mass is 9.97. The van der Waals surface area contributed by atoms with Gasteiger partial charge in [-0.2, -0.15) is 0 Å². The summed E-state index contributed by atoms with van der Waals surface area (Å²) in [4.78, 5) is 22.6. The first kappa shape index (κ1) is 17.5. The van der Waals surface area contributed by atoms with Crippen LogP contribution < -0.4 is 5.56 Å². The quantitative estimate of drug-likeness (QED) is 0.844. The van der Waals surface area contributed by atoms with E-state index in [0.29, 0.717) is 5.54 Å². The fourth-order valence-corrected chi connectivity index (χ4v) is 4.33. The van der Waals surface area contributed by atoms with Crippen molar-refractivity contribution in [2.24, 2.45) is 0 Å². The first-order valence-corrected chi connectivity index (χ1v) is 10.1. The van der Waals surface area contributed by atoms with E-state index < -0.39 is 0 Å². The number of rotatable bonds is 6. The number of likely N-dealkylation sites (tertiary alicyclic amines) is 1. The highest BCUT2D eigenvalue weighted by molar-refractivity contribution is 5.60. The molecule has 0 bridgehead atoms. The van der Waals surface area contributed by atoms with Gasteiger partial charge >= 0.3 is 0 Å². The molecule has 0 amide bonds. The van der Waals surface area contributed by atoms with Crippen LogP contribution in [0.25, 0.3) is 11.4 Å². The molecular weight excluding hydrogens is 322 g/mol. The zero-order chi connectivity index (χ0) is 18.0. The molecule has 2 aliphatic rings. The molecule has 0 atom stereocenters. The van der Waals surface area contributed by atoms with E-state index in [1.54, 1.807) is 6.07 Å². The Kier molecular flexibility index (Phi) is 4.94. The number of hydrogen-bond acceptors (Lipinski definition) is 3. The predicted octanol–water partition coefficient (Wildman–Crippen LogP) is 4.30. The smallest absolute Gasteiger partial charge is 0.251 e. The van der Waals surface area contributed by atoms with Crippen molar-refractivity contribution in [1.82, 2.24) is 14.9 Å². The summed E-state index contributed by atoms with van der Waals surface area (Å²) < 4.78 is 0. The van der Waals surface area contributed by atoms with Gasteiger partial charge in [-0.15, -0.1) is 0 Å². The zero-order valence-electron chi connectivity index (χ0n) is 15.8. The monoisotopic (exact) mass is 351 g/mol. The van der Waals surface area contributed by atoms with Gasteiger partial charge in [0.05, 0.1) is 0 Å². The largest absolute Gasteiger partial charge is 0.307 e. The summed E-state index contributed by atoms with van der Waals surface area (Å²) in [6, 6.07) is 10.1. The average molecular weight is 351 g/mol. The van der Waals surface area contributed by atoms with Gasteiger partial charge in [-0.25, -0.2) is 4.98 Å². The molecule has 0 unspecified atom stereocenters. The van der Waals surface area contributed by atoms with Crippen molar-refractivity contribution >= 4 is 0 Å². The fourth-order valence-electron chi connectivity index (χ4n) is 4.33. The lowest BCUT2D eigenvalue weighted by Crippen LogP contribution is -2.40. The van der Waals surface area contributed by atoms with Crippen LogP contribution in [0.1, 0.15) is 63.1 Å². The summed E-state index contributed by atoms with van der Waals surface area (Å²) in [5.74, 6) is 0.723. The van der Waals surface area contributed by atoms with Crippen molar-refractivity contribution in [2.45, 2.75) is 70.4 Å². The van der Waals surface area contributed by atoms with Gasteiger partial charge in [0.15, 0.2) is 0 Å². The molecule has 1 spiro atoms. The van der Waals surface area contributed by atoms with Crippen LogP contribution in [0.2, 0.25) is 0 Å². The topological polar surface area (TPSA) is 49.0 Å². The Morgan fingerprint density at radius 2 is 2.04 bits per heavy atom. The van der Waals surface area contributed by atoms with E-state index in [0.717, 1.165) is 42.9 Å². The minimum atomic E-state index is -0.0486. The Morgan fingerprint density at radius 1 is 1.19 bits per heavy atom. The van der Waals surface area contributed by atoms with E-state index in [4.69, 9.17) is 4.98 Å². The van der Waals surface area contributed by atoms with E-state index in [-0.39, 0.29) is 5.56 Å². The molecule has 1 aliphatic heterocycles. The van der Waals surface area contributed by atoms with Crippen molar-refractivity contribution in [3.8, 4) is 11.4 Å². The third kappa shape index (κ3) is 3.61. The number of aromatic amines is 1.